The van der Waals surface area contributed by atoms with Crippen LogP contribution in [-0.4, -0.2) is 24.2 Å². The molecule has 0 spiro atoms. The Labute approximate surface area is 122 Å². The van der Waals surface area contributed by atoms with Gasteiger partial charge in [-0.1, -0.05) is 0 Å². The number of hydrogen-bond acceptors (Lipinski definition) is 6. The first-order valence-electron chi connectivity index (χ1n) is 6.60. The molecule has 5 nitrogen and oxygen atoms in total. The first-order chi connectivity index (χ1) is 9.78. The normalized spacial score (nSPS) is 13.1. The van der Waals surface area contributed by atoms with E-state index < -0.39 is 0 Å². The number of nitrogens with zero attached hydrogens (tertiary/aromatic N) is 2. The van der Waals surface area contributed by atoms with Crippen LogP contribution < -0.4 is 14.8 Å². The van der Waals surface area contributed by atoms with Gasteiger partial charge >= 0.3 is 0 Å². The van der Waals surface area contributed by atoms with Gasteiger partial charge in [0.05, 0.1) is 26.8 Å². The molecule has 1 aliphatic rings. The number of hydrogen-bond donors (Lipinski definition) is 1. The number of nitrogens with one attached hydrogen (secondary N) is 1. The largest absolute Gasteiger partial charge is 0.481 e. The fourth-order valence-corrected chi connectivity index (χ4v) is 3.54. The van der Waals surface area contributed by atoms with E-state index in [1.165, 1.54) is 34.6 Å². The molecule has 2 heterocycles. The third-order valence-corrected chi connectivity index (χ3v) is 4.55. The average molecular weight is 291 g/mol. The minimum atomic E-state index is 0.494. The molecule has 0 aliphatic heterocycles. The Morgan fingerprint density at radius 1 is 1.15 bits per heavy atom. The molecule has 0 amide bonds. The van der Waals surface area contributed by atoms with E-state index in [0.717, 1.165) is 6.54 Å². The van der Waals surface area contributed by atoms with Gasteiger partial charge in [0.1, 0.15) is 0 Å². The van der Waals surface area contributed by atoms with Crippen LogP contribution in [0.5, 0.6) is 11.8 Å². The van der Waals surface area contributed by atoms with Crippen LogP contribution in [-0.2, 0) is 19.4 Å². The number of ether oxygens (including phenoxy) is 2. The smallest absolute Gasteiger partial charge is 0.229 e. The number of rotatable bonds is 5. The molecule has 6 heteroatoms. The van der Waals surface area contributed by atoms with Crippen LogP contribution in [0.25, 0.3) is 0 Å². The first-order valence-corrected chi connectivity index (χ1v) is 7.41. The van der Waals surface area contributed by atoms with Gasteiger partial charge in [-0.15, -0.1) is 11.3 Å². The van der Waals surface area contributed by atoms with Gasteiger partial charge in [-0.3, -0.25) is 0 Å². The maximum absolute atomic E-state index is 5.13. The molecule has 2 aromatic heterocycles. The molecular weight excluding hydrogens is 274 g/mol. The summed E-state index contributed by atoms with van der Waals surface area (Å²) >= 11 is 1.88. The van der Waals surface area contributed by atoms with Gasteiger partial charge in [-0.05, 0) is 30.9 Å². The Hall–Kier alpha value is -1.82. The predicted octanol–water partition coefficient (Wildman–Crippen LogP) is 2.66. The van der Waals surface area contributed by atoms with Gasteiger partial charge in [0, 0.05) is 9.75 Å². The van der Waals surface area contributed by atoms with Crippen molar-refractivity contribution in [1.29, 1.82) is 0 Å². The Kier molecular flexibility index (Phi) is 3.73. The molecule has 0 radical (unpaired) electrons. The molecule has 1 aliphatic carbocycles. The summed E-state index contributed by atoms with van der Waals surface area (Å²) < 4.78 is 10.3. The van der Waals surface area contributed by atoms with Gasteiger partial charge < -0.3 is 14.8 Å². The van der Waals surface area contributed by atoms with Gasteiger partial charge in [0.2, 0.25) is 17.7 Å². The molecule has 0 saturated heterocycles. The fourth-order valence-electron chi connectivity index (χ4n) is 2.34. The lowest BCUT2D eigenvalue weighted by molar-refractivity contribution is 0.373. The molecule has 0 atom stereocenters. The van der Waals surface area contributed by atoms with Crippen molar-refractivity contribution in [3.05, 3.63) is 27.5 Å². The highest BCUT2D eigenvalue weighted by molar-refractivity contribution is 7.12. The van der Waals surface area contributed by atoms with Crippen LogP contribution in [0.2, 0.25) is 0 Å². The van der Waals surface area contributed by atoms with E-state index >= 15 is 0 Å². The minimum Gasteiger partial charge on any atom is -0.481 e. The van der Waals surface area contributed by atoms with Crippen molar-refractivity contribution in [3.8, 4) is 11.8 Å². The Balaban J connectivity index is 1.70. The van der Waals surface area contributed by atoms with Crippen molar-refractivity contribution in [2.45, 2.75) is 25.8 Å². The molecule has 0 fully saturated rings. The zero-order chi connectivity index (χ0) is 13.9. The second-order valence-corrected chi connectivity index (χ2v) is 5.87. The molecule has 2 aromatic rings. The molecule has 0 bridgehead atoms. The molecule has 0 aromatic carbocycles. The standard InChI is InChI=1S/C14H17N3O2S/c1-18-12-7-13(19-2)17-14(16-12)15-8-10-6-9-4-3-5-11(9)20-10/h6-7H,3-5,8H2,1-2H3,(H,15,16,17). The lowest BCUT2D eigenvalue weighted by atomic mass is 10.2. The van der Waals surface area contributed by atoms with Crippen molar-refractivity contribution < 1.29 is 9.47 Å². The van der Waals surface area contributed by atoms with Crippen LogP contribution in [0.3, 0.4) is 0 Å². The zero-order valence-electron chi connectivity index (χ0n) is 11.6. The lowest BCUT2D eigenvalue weighted by Gasteiger charge is -2.07. The summed E-state index contributed by atoms with van der Waals surface area (Å²) in [5, 5.41) is 3.23. The third kappa shape index (κ3) is 2.70. The van der Waals surface area contributed by atoms with E-state index in [1.54, 1.807) is 20.3 Å². The van der Waals surface area contributed by atoms with E-state index in [1.807, 2.05) is 11.3 Å². The van der Waals surface area contributed by atoms with Crippen LogP contribution >= 0.6 is 11.3 Å². The Morgan fingerprint density at radius 3 is 2.55 bits per heavy atom. The van der Waals surface area contributed by atoms with Gasteiger partial charge in [0.15, 0.2) is 0 Å². The van der Waals surface area contributed by atoms with Crippen LogP contribution in [0.4, 0.5) is 5.95 Å². The average Bonchev–Trinajstić information content (AvgIpc) is 3.05. The number of fused-ring (bicyclic) bond motifs is 1. The summed E-state index contributed by atoms with van der Waals surface area (Å²) in [7, 11) is 3.16. The summed E-state index contributed by atoms with van der Waals surface area (Å²) in [5.41, 5.74) is 1.51. The Morgan fingerprint density at radius 2 is 1.90 bits per heavy atom. The predicted molar refractivity (Wildman–Crippen MR) is 78.8 cm³/mol. The number of anilines is 1. The van der Waals surface area contributed by atoms with Gasteiger partial charge in [-0.2, -0.15) is 9.97 Å². The van der Waals surface area contributed by atoms with E-state index in [4.69, 9.17) is 9.47 Å². The molecule has 106 valence electrons. The van der Waals surface area contributed by atoms with Crippen molar-refractivity contribution in [2.24, 2.45) is 0 Å². The second-order valence-electron chi connectivity index (χ2n) is 4.64. The van der Waals surface area contributed by atoms with Crippen LogP contribution in [0.15, 0.2) is 12.1 Å². The van der Waals surface area contributed by atoms with E-state index in [2.05, 4.69) is 21.4 Å². The number of aromatic nitrogens is 2. The van der Waals surface area contributed by atoms with Crippen molar-refractivity contribution in [3.63, 3.8) is 0 Å². The lowest BCUT2D eigenvalue weighted by Crippen LogP contribution is -2.04. The van der Waals surface area contributed by atoms with Crippen molar-refractivity contribution in [2.75, 3.05) is 19.5 Å². The highest BCUT2D eigenvalue weighted by Crippen LogP contribution is 2.31. The van der Waals surface area contributed by atoms with Crippen LogP contribution in [0.1, 0.15) is 21.7 Å². The number of methoxy groups -OCH3 is 2. The molecule has 3 rings (SSSR count). The summed E-state index contributed by atoms with van der Waals surface area (Å²) in [6, 6.07) is 3.95. The Bertz CT molecular complexity index is 569. The highest BCUT2D eigenvalue weighted by Gasteiger charge is 2.14. The highest BCUT2D eigenvalue weighted by atomic mass is 32.1. The maximum atomic E-state index is 5.13. The summed E-state index contributed by atoms with van der Waals surface area (Å²) in [6.07, 6.45) is 3.74. The van der Waals surface area contributed by atoms with Gasteiger partial charge in [-0.25, -0.2) is 0 Å². The monoisotopic (exact) mass is 291 g/mol. The topological polar surface area (TPSA) is 56.3 Å². The molecule has 0 saturated carbocycles. The van der Waals surface area contributed by atoms with Gasteiger partial charge in [0.25, 0.3) is 0 Å². The van der Waals surface area contributed by atoms with E-state index in [0.29, 0.717) is 17.7 Å². The molecule has 0 unspecified atom stereocenters. The van der Waals surface area contributed by atoms with Crippen molar-refractivity contribution >= 4 is 17.3 Å². The fraction of sp³-hybridized carbons (Fsp3) is 0.429. The summed E-state index contributed by atoms with van der Waals surface area (Å²) in [4.78, 5) is 11.4. The third-order valence-electron chi connectivity index (χ3n) is 3.32. The van der Waals surface area contributed by atoms with Crippen molar-refractivity contribution in [1.82, 2.24) is 9.97 Å². The quantitative estimate of drug-likeness (QED) is 0.918. The SMILES string of the molecule is COc1cc(OC)nc(NCc2cc3c(s2)CCC3)n1. The number of aryl methyl sites for hydroxylation is 2. The summed E-state index contributed by atoms with van der Waals surface area (Å²) in [6.45, 7) is 0.730. The second kappa shape index (κ2) is 5.66. The van der Waals surface area contributed by atoms with E-state index in [9.17, 15) is 0 Å². The van der Waals surface area contributed by atoms with Crippen LogP contribution in [0, 0.1) is 0 Å². The van der Waals surface area contributed by atoms with E-state index in [-0.39, 0.29) is 0 Å². The zero-order valence-corrected chi connectivity index (χ0v) is 12.4. The maximum Gasteiger partial charge on any atom is 0.229 e. The molecule has 20 heavy (non-hydrogen) atoms. The minimum absolute atomic E-state index is 0.494. The first kappa shape index (κ1) is 13.2. The summed E-state index contributed by atoms with van der Waals surface area (Å²) in [5.74, 6) is 1.51. The number of thiophene rings is 1. The molecule has 1 N–H and O–H groups in total. The molecular formula is C14H17N3O2S.